The number of ether oxygens (including phenoxy) is 1. The van der Waals surface area contributed by atoms with Crippen molar-refractivity contribution in [3.05, 3.63) is 24.3 Å². The fourth-order valence-electron chi connectivity index (χ4n) is 2.75. The topological polar surface area (TPSA) is 75.7 Å². The quantitative estimate of drug-likeness (QED) is 0.850. The van der Waals surface area contributed by atoms with Gasteiger partial charge in [0.05, 0.1) is 11.9 Å². The van der Waals surface area contributed by atoms with Crippen LogP contribution in [0.2, 0.25) is 0 Å². The first-order valence-corrected chi connectivity index (χ1v) is 10.1. The molecule has 1 atom stereocenters. The number of hydrogen-bond acceptors (Lipinski definition) is 4. The molecular weight excluding hydrogens is 328 g/mol. The van der Waals surface area contributed by atoms with Crippen LogP contribution in [0.5, 0.6) is 5.75 Å². The maximum Gasteiger partial charge on any atom is 0.260 e. The number of carbonyl (C=O) groups excluding carboxylic acids is 1. The number of nitrogens with one attached hydrogen (secondary N) is 1. The molecule has 0 aliphatic heterocycles. The highest BCUT2D eigenvalue weighted by molar-refractivity contribution is 7.92. The summed E-state index contributed by atoms with van der Waals surface area (Å²) in [7, 11) is -1.80. The summed E-state index contributed by atoms with van der Waals surface area (Å²) >= 11 is 0. The van der Waals surface area contributed by atoms with Gasteiger partial charge < -0.3 is 10.1 Å². The van der Waals surface area contributed by atoms with E-state index in [1.54, 1.807) is 31.2 Å². The van der Waals surface area contributed by atoms with Gasteiger partial charge in [0.1, 0.15) is 5.75 Å². The Labute approximate surface area is 144 Å². The van der Waals surface area contributed by atoms with Crippen LogP contribution in [-0.2, 0) is 14.8 Å². The van der Waals surface area contributed by atoms with E-state index in [2.05, 4.69) is 5.32 Å². The second-order valence-corrected chi connectivity index (χ2v) is 8.34. The minimum atomic E-state index is -3.29. The molecule has 134 valence electrons. The molecule has 2 rings (SSSR count). The number of amides is 1. The molecular formula is C17H26N2O4S. The zero-order valence-corrected chi connectivity index (χ0v) is 15.3. The third kappa shape index (κ3) is 5.12. The number of nitrogens with zero attached hydrogens (tertiary/aromatic N) is 1. The molecule has 0 spiro atoms. The van der Waals surface area contributed by atoms with E-state index in [9.17, 15) is 13.2 Å². The highest BCUT2D eigenvalue weighted by Crippen LogP contribution is 2.21. The summed E-state index contributed by atoms with van der Waals surface area (Å²) in [4.78, 5) is 12.2. The average molecular weight is 354 g/mol. The number of anilines is 1. The summed E-state index contributed by atoms with van der Waals surface area (Å²) in [6, 6.07) is 6.90. The Kier molecular flexibility index (Phi) is 6.10. The zero-order valence-electron chi connectivity index (χ0n) is 14.5. The second kappa shape index (κ2) is 7.88. The minimum absolute atomic E-state index is 0.112. The molecule has 7 heteroatoms. The van der Waals surface area contributed by atoms with Crippen LogP contribution in [0, 0.1) is 0 Å². The molecule has 1 fully saturated rings. The molecule has 1 aromatic carbocycles. The third-order valence-electron chi connectivity index (χ3n) is 4.33. The molecule has 0 unspecified atom stereocenters. The van der Waals surface area contributed by atoms with Crippen LogP contribution in [0.15, 0.2) is 24.3 Å². The van der Waals surface area contributed by atoms with Crippen LogP contribution in [0.4, 0.5) is 5.69 Å². The monoisotopic (exact) mass is 354 g/mol. The van der Waals surface area contributed by atoms with Crippen molar-refractivity contribution in [2.45, 2.75) is 51.2 Å². The average Bonchev–Trinajstić information content (AvgIpc) is 2.55. The lowest BCUT2D eigenvalue weighted by molar-refractivity contribution is -0.128. The van der Waals surface area contributed by atoms with Gasteiger partial charge in [0.2, 0.25) is 10.0 Å². The highest BCUT2D eigenvalue weighted by atomic mass is 32.2. The van der Waals surface area contributed by atoms with Crippen molar-refractivity contribution in [3.63, 3.8) is 0 Å². The number of benzene rings is 1. The summed E-state index contributed by atoms with van der Waals surface area (Å²) in [6.45, 7) is 1.72. The maximum absolute atomic E-state index is 12.2. The zero-order chi connectivity index (χ0) is 17.7. The highest BCUT2D eigenvalue weighted by Gasteiger charge is 2.21. The molecule has 0 saturated heterocycles. The van der Waals surface area contributed by atoms with Crippen molar-refractivity contribution in [2.75, 3.05) is 17.6 Å². The molecule has 1 aliphatic rings. The first-order chi connectivity index (χ1) is 11.3. The van der Waals surface area contributed by atoms with E-state index < -0.39 is 16.1 Å². The summed E-state index contributed by atoms with van der Waals surface area (Å²) < 4.78 is 29.9. The van der Waals surface area contributed by atoms with Crippen molar-refractivity contribution < 1.29 is 17.9 Å². The molecule has 1 aliphatic carbocycles. The lowest BCUT2D eigenvalue weighted by Crippen LogP contribution is -2.43. The van der Waals surface area contributed by atoms with Crippen LogP contribution in [0.1, 0.15) is 39.0 Å². The lowest BCUT2D eigenvalue weighted by atomic mass is 9.95. The molecule has 1 saturated carbocycles. The molecule has 1 aromatic rings. The maximum atomic E-state index is 12.2. The Balaban J connectivity index is 1.91. The van der Waals surface area contributed by atoms with Crippen molar-refractivity contribution in [1.29, 1.82) is 0 Å². The van der Waals surface area contributed by atoms with Crippen LogP contribution < -0.4 is 14.4 Å². The number of hydrogen-bond donors (Lipinski definition) is 1. The van der Waals surface area contributed by atoms with Crippen molar-refractivity contribution in [2.24, 2.45) is 0 Å². The standard InChI is InChI=1S/C17H26N2O4S/c1-13(17(20)18-14-7-5-4-6-8-14)23-16-11-9-15(10-12-16)19(2)24(3,21)22/h9-14H,4-8H2,1-3H3,(H,18,20)/t13-/m0/s1. The normalized spacial score (nSPS) is 17.1. The number of sulfonamides is 1. The third-order valence-corrected chi connectivity index (χ3v) is 5.54. The summed E-state index contributed by atoms with van der Waals surface area (Å²) in [5.41, 5.74) is 0.546. The van der Waals surface area contributed by atoms with Gasteiger partial charge in [-0.2, -0.15) is 0 Å². The molecule has 0 radical (unpaired) electrons. The molecule has 6 nitrogen and oxygen atoms in total. The first-order valence-electron chi connectivity index (χ1n) is 8.28. The Hall–Kier alpha value is -1.76. The van der Waals surface area contributed by atoms with E-state index in [1.807, 2.05) is 0 Å². The van der Waals surface area contributed by atoms with Crippen LogP contribution in [0.25, 0.3) is 0 Å². The van der Waals surface area contributed by atoms with Gasteiger partial charge in [-0.3, -0.25) is 9.10 Å². The summed E-state index contributed by atoms with van der Waals surface area (Å²) in [5, 5.41) is 3.04. The van der Waals surface area contributed by atoms with Crippen LogP contribution >= 0.6 is 0 Å². The van der Waals surface area contributed by atoms with Gasteiger partial charge in [-0.15, -0.1) is 0 Å². The van der Waals surface area contributed by atoms with Crippen LogP contribution in [0.3, 0.4) is 0 Å². The van der Waals surface area contributed by atoms with Gasteiger partial charge in [0, 0.05) is 13.1 Å². The van der Waals surface area contributed by atoms with Crippen molar-refractivity contribution in [3.8, 4) is 5.75 Å². The molecule has 1 amide bonds. The van der Waals surface area contributed by atoms with Gasteiger partial charge in [-0.1, -0.05) is 19.3 Å². The van der Waals surface area contributed by atoms with E-state index in [1.165, 1.54) is 17.8 Å². The molecule has 24 heavy (non-hydrogen) atoms. The largest absolute Gasteiger partial charge is 0.481 e. The van der Waals surface area contributed by atoms with E-state index >= 15 is 0 Å². The fraction of sp³-hybridized carbons (Fsp3) is 0.588. The fourth-order valence-corrected chi connectivity index (χ4v) is 3.25. The van der Waals surface area contributed by atoms with Crippen LogP contribution in [-0.4, -0.2) is 39.8 Å². The van der Waals surface area contributed by atoms with Gasteiger partial charge in [0.15, 0.2) is 6.10 Å². The smallest absolute Gasteiger partial charge is 0.260 e. The van der Waals surface area contributed by atoms with Gasteiger partial charge in [-0.05, 0) is 44.0 Å². The number of rotatable bonds is 6. The Morgan fingerprint density at radius 2 is 1.79 bits per heavy atom. The predicted octanol–water partition coefficient (Wildman–Crippen LogP) is 2.30. The second-order valence-electron chi connectivity index (χ2n) is 6.33. The van der Waals surface area contributed by atoms with Gasteiger partial charge >= 0.3 is 0 Å². The Morgan fingerprint density at radius 3 is 2.33 bits per heavy atom. The molecule has 1 N–H and O–H groups in total. The Morgan fingerprint density at radius 1 is 1.21 bits per heavy atom. The molecule has 0 heterocycles. The van der Waals surface area contributed by atoms with E-state index in [4.69, 9.17) is 4.74 Å². The van der Waals surface area contributed by atoms with Gasteiger partial charge in [-0.25, -0.2) is 8.42 Å². The molecule has 0 aromatic heterocycles. The lowest BCUT2D eigenvalue weighted by Gasteiger charge is -2.24. The van der Waals surface area contributed by atoms with Crippen molar-refractivity contribution in [1.82, 2.24) is 5.32 Å². The first kappa shape index (κ1) is 18.6. The van der Waals surface area contributed by atoms with E-state index in [0.717, 1.165) is 31.9 Å². The van der Waals surface area contributed by atoms with E-state index in [0.29, 0.717) is 11.4 Å². The molecule has 0 bridgehead atoms. The van der Waals surface area contributed by atoms with Gasteiger partial charge in [0.25, 0.3) is 5.91 Å². The summed E-state index contributed by atoms with van der Waals surface area (Å²) in [5.74, 6) is 0.422. The minimum Gasteiger partial charge on any atom is -0.481 e. The number of carbonyl (C=O) groups is 1. The SMILES string of the molecule is C[C@H](Oc1ccc(N(C)S(C)(=O)=O)cc1)C(=O)NC1CCCCC1. The van der Waals surface area contributed by atoms with Crippen molar-refractivity contribution >= 4 is 21.6 Å². The summed E-state index contributed by atoms with van der Waals surface area (Å²) in [6.07, 6.45) is 6.19. The Bertz CT molecular complexity index is 652. The van der Waals surface area contributed by atoms with E-state index in [-0.39, 0.29) is 11.9 Å². The predicted molar refractivity (Wildman–Crippen MR) is 94.8 cm³/mol.